The van der Waals surface area contributed by atoms with Crippen LogP contribution < -0.4 is 15.8 Å². The fraction of sp³-hybridized carbons (Fsp3) is 0.562. The Morgan fingerprint density at radius 2 is 2.14 bits per heavy atom. The highest BCUT2D eigenvalue weighted by Gasteiger charge is 2.28. The van der Waals surface area contributed by atoms with Crippen molar-refractivity contribution in [3.8, 4) is 5.75 Å². The molecule has 1 amide bonds. The van der Waals surface area contributed by atoms with E-state index >= 15 is 0 Å². The third kappa shape index (κ3) is 5.94. The van der Waals surface area contributed by atoms with E-state index < -0.39 is 0 Å². The summed E-state index contributed by atoms with van der Waals surface area (Å²) in [7, 11) is 0. The Morgan fingerprint density at radius 3 is 2.81 bits per heavy atom. The van der Waals surface area contributed by atoms with E-state index in [1.807, 2.05) is 31.2 Å². The maximum absolute atomic E-state index is 11.8. The second-order valence-electron chi connectivity index (χ2n) is 5.35. The van der Waals surface area contributed by atoms with Gasteiger partial charge in [0.05, 0.1) is 6.61 Å². The highest BCUT2D eigenvalue weighted by Crippen LogP contribution is 2.31. The molecule has 1 fully saturated rings. The molecule has 0 bridgehead atoms. The van der Waals surface area contributed by atoms with Crippen LogP contribution in [0.25, 0.3) is 0 Å². The quantitative estimate of drug-likeness (QED) is 0.774. The molecule has 1 saturated carbocycles. The van der Waals surface area contributed by atoms with E-state index in [-0.39, 0.29) is 24.4 Å². The van der Waals surface area contributed by atoms with Crippen LogP contribution in [0.3, 0.4) is 0 Å². The number of hydrogen-bond donors (Lipinski definition) is 2. The van der Waals surface area contributed by atoms with Crippen LogP contribution in [0.15, 0.2) is 24.3 Å². The Labute approximate surface area is 132 Å². The van der Waals surface area contributed by atoms with Gasteiger partial charge in [-0.15, -0.1) is 12.4 Å². The lowest BCUT2D eigenvalue weighted by molar-refractivity contribution is -0.121. The fourth-order valence-electron chi connectivity index (χ4n) is 2.27. The Bertz CT molecular complexity index is 450. The van der Waals surface area contributed by atoms with E-state index in [2.05, 4.69) is 5.32 Å². The zero-order valence-corrected chi connectivity index (χ0v) is 13.3. The van der Waals surface area contributed by atoms with Gasteiger partial charge in [0.25, 0.3) is 0 Å². The third-order valence-corrected chi connectivity index (χ3v) is 3.66. The van der Waals surface area contributed by atoms with Gasteiger partial charge in [-0.1, -0.05) is 18.2 Å². The van der Waals surface area contributed by atoms with Gasteiger partial charge in [0.15, 0.2) is 0 Å². The van der Waals surface area contributed by atoms with Gasteiger partial charge in [-0.25, -0.2) is 0 Å². The third-order valence-electron chi connectivity index (χ3n) is 3.66. The Kier molecular flexibility index (Phi) is 7.54. The zero-order chi connectivity index (χ0) is 14.4. The number of nitrogens with two attached hydrogens (primary N) is 1. The molecule has 1 aliphatic carbocycles. The van der Waals surface area contributed by atoms with E-state index in [0.29, 0.717) is 31.9 Å². The molecule has 0 radical (unpaired) electrons. The first kappa shape index (κ1) is 17.8. The van der Waals surface area contributed by atoms with Gasteiger partial charge in [0, 0.05) is 19.0 Å². The van der Waals surface area contributed by atoms with Gasteiger partial charge in [-0.2, -0.15) is 0 Å². The van der Waals surface area contributed by atoms with Crippen molar-refractivity contribution in [2.45, 2.75) is 38.6 Å². The first-order valence-corrected chi connectivity index (χ1v) is 7.43. The number of ether oxygens (including phenoxy) is 1. The fourth-order valence-corrected chi connectivity index (χ4v) is 2.27. The van der Waals surface area contributed by atoms with Crippen LogP contribution in [0.4, 0.5) is 0 Å². The van der Waals surface area contributed by atoms with Gasteiger partial charge in [0.2, 0.25) is 5.91 Å². The molecule has 0 aromatic heterocycles. The van der Waals surface area contributed by atoms with Crippen LogP contribution in [0.5, 0.6) is 5.75 Å². The minimum Gasteiger partial charge on any atom is -0.494 e. The summed E-state index contributed by atoms with van der Waals surface area (Å²) in [5, 5.41) is 2.92. The summed E-state index contributed by atoms with van der Waals surface area (Å²) >= 11 is 0. The summed E-state index contributed by atoms with van der Waals surface area (Å²) in [5.74, 6) is 1.55. The van der Waals surface area contributed by atoms with Crippen molar-refractivity contribution >= 4 is 18.3 Å². The first-order valence-electron chi connectivity index (χ1n) is 7.43. The van der Waals surface area contributed by atoms with Crippen molar-refractivity contribution in [3.05, 3.63) is 29.8 Å². The number of aryl methyl sites for hydroxylation is 1. The number of rotatable bonds is 8. The normalized spacial score (nSPS) is 15.0. The van der Waals surface area contributed by atoms with E-state index in [9.17, 15) is 4.79 Å². The molecule has 0 heterocycles. The Morgan fingerprint density at radius 1 is 1.43 bits per heavy atom. The molecule has 1 unspecified atom stereocenters. The monoisotopic (exact) mass is 312 g/mol. The van der Waals surface area contributed by atoms with Crippen LogP contribution >= 0.6 is 12.4 Å². The highest BCUT2D eigenvalue weighted by atomic mass is 35.5. The van der Waals surface area contributed by atoms with Crippen LogP contribution in [0.1, 0.15) is 31.7 Å². The summed E-state index contributed by atoms with van der Waals surface area (Å²) in [6.07, 6.45) is 3.58. The summed E-state index contributed by atoms with van der Waals surface area (Å²) < 4.78 is 5.56. The van der Waals surface area contributed by atoms with Crippen molar-refractivity contribution in [3.63, 3.8) is 0 Å². The predicted molar refractivity (Wildman–Crippen MR) is 86.9 cm³/mol. The molecule has 21 heavy (non-hydrogen) atoms. The number of carbonyl (C=O) groups excluding carboxylic acids is 1. The van der Waals surface area contributed by atoms with Crippen molar-refractivity contribution in [2.24, 2.45) is 11.7 Å². The zero-order valence-electron chi connectivity index (χ0n) is 12.5. The van der Waals surface area contributed by atoms with Crippen molar-refractivity contribution < 1.29 is 9.53 Å². The van der Waals surface area contributed by atoms with Crippen LogP contribution in [-0.2, 0) is 11.2 Å². The Balaban J connectivity index is 0.00000220. The molecule has 0 spiro atoms. The van der Waals surface area contributed by atoms with Crippen LogP contribution in [0, 0.1) is 5.92 Å². The number of hydrogen-bond acceptors (Lipinski definition) is 3. The second-order valence-corrected chi connectivity index (χ2v) is 5.35. The lowest BCUT2D eigenvalue weighted by Gasteiger charge is -2.12. The maximum Gasteiger partial charge on any atom is 0.220 e. The second kappa shape index (κ2) is 8.90. The van der Waals surface area contributed by atoms with Gasteiger partial charge in [0.1, 0.15) is 5.75 Å². The standard InChI is InChI=1S/C16H24N2O2.ClH/c1-2-20-15-6-4-3-5-13(15)9-10-16(19)18-11-14(17)12-7-8-12;/h3-6,12,14H,2,7-11,17H2,1H3,(H,18,19);1H. The molecule has 1 aromatic rings. The molecular formula is C16H25ClN2O2. The number of benzene rings is 1. The molecule has 0 aliphatic heterocycles. The Hall–Kier alpha value is -1.26. The smallest absolute Gasteiger partial charge is 0.220 e. The average Bonchev–Trinajstić information content (AvgIpc) is 3.29. The number of amides is 1. The summed E-state index contributed by atoms with van der Waals surface area (Å²) in [4.78, 5) is 11.8. The van der Waals surface area contributed by atoms with Gasteiger partial charge >= 0.3 is 0 Å². The van der Waals surface area contributed by atoms with Crippen LogP contribution in [-0.4, -0.2) is 25.1 Å². The lowest BCUT2D eigenvalue weighted by Crippen LogP contribution is -2.38. The number of nitrogens with one attached hydrogen (secondary N) is 1. The first-order chi connectivity index (χ1) is 9.70. The van der Waals surface area contributed by atoms with E-state index in [1.54, 1.807) is 0 Å². The SMILES string of the molecule is CCOc1ccccc1CCC(=O)NCC(N)C1CC1.Cl. The number of para-hydroxylation sites is 1. The summed E-state index contributed by atoms with van der Waals surface area (Å²) in [5.41, 5.74) is 7.04. The van der Waals surface area contributed by atoms with Gasteiger partial charge in [-0.3, -0.25) is 4.79 Å². The molecule has 4 nitrogen and oxygen atoms in total. The number of halogens is 1. The van der Waals surface area contributed by atoms with Crippen LogP contribution in [0.2, 0.25) is 0 Å². The van der Waals surface area contributed by atoms with Crippen molar-refractivity contribution in [1.29, 1.82) is 0 Å². The van der Waals surface area contributed by atoms with Gasteiger partial charge in [-0.05, 0) is 43.7 Å². The minimum atomic E-state index is 0. The van der Waals surface area contributed by atoms with E-state index in [4.69, 9.17) is 10.5 Å². The largest absolute Gasteiger partial charge is 0.494 e. The molecule has 0 saturated heterocycles. The molecule has 1 atom stereocenters. The van der Waals surface area contributed by atoms with Crippen molar-refractivity contribution in [1.82, 2.24) is 5.32 Å². The topological polar surface area (TPSA) is 64.3 Å². The molecule has 118 valence electrons. The molecular weight excluding hydrogens is 288 g/mol. The lowest BCUT2D eigenvalue weighted by atomic mass is 10.1. The molecule has 3 N–H and O–H groups in total. The van der Waals surface area contributed by atoms with E-state index in [1.165, 1.54) is 12.8 Å². The predicted octanol–water partition coefficient (Wildman–Crippen LogP) is 2.29. The summed E-state index contributed by atoms with van der Waals surface area (Å²) in [6, 6.07) is 7.99. The highest BCUT2D eigenvalue weighted by molar-refractivity contribution is 5.85. The maximum atomic E-state index is 11.8. The van der Waals surface area contributed by atoms with E-state index in [0.717, 1.165) is 11.3 Å². The molecule has 1 aromatic carbocycles. The van der Waals surface area contributed by atoms with Gasteiger partial charge < -0.3 is 15.8 Å². The van der Waals surface area contributed by atoms with Crippen molar-refractivity contribution in [2.75, 3.05) is 13.2 Å². The average molecular weight is 313 g/mol. The minimum absolute atomic E-state index is 0. The number of carbonyl (C=O) groups is 1. The summed E-state index contributed by atoms with van der Waals surface area (Å²) in [6.45, 7) is 3.19. The molecule has 5 heteroatoms. The molecule has 1 aliphatic rings. The molecule has 2 rings (SSSR count).